The second-order valence-electron chi connectivity index (χ2n) is 8.12. The number of hydrogen-bond acceptors (Lipinski definition) is 5. The molecule has 0 radical (unpaired) electrons. The van der Waals surface area contributed by atoms with E-state index < -0.39 is 0 Å². The predicted octanol–water partition coefficient (Wildman–Crippen LogP) is 3.49. The summed E-state index contributed by atoms with van der Waals surface area (Å²) in [5.74, 6) is 1.19. The van der Waals surface area contributed by atoms with Gasteiger partial charge < -0.3 is 9.47 Å². The average molecular weight is 410 g/mol. The molecule has 3 aromatic rings. The number of thiophene rings is 1. The maximum Gasteiger partial charge on any atom is 0.256 e. The Morgan fingerprint density at radius 2 is 1.97 bits per heavy atom. The van der Waals surface area contributed by atoms with Gasteiger partial charge in [0.05, 0.1) is 5.56 Å². The Bertz CT molecular complexity index is 1020. The molecule has 0 spiro atoms. The number of imidazole rings is 1. The number of rotatable bonds is 3. The summed E-state index contributed by atoms with van der Waals surface area (Å²) in [5, 5.41) is 2.12. The van der Waals surface area contributed by atoms with Crippen LogP contribution < -0.4 is 0 Å². The van der Waals surface area contributed by atoms with Gasteiger partial charge in [0.1, 0.15) is 11.3 Å². The number of aryl methyl sites for hydroxylation is 3. The van der Waals surface area contributed by atoms with Gasteiger partial charge in [-0.3, -0.25) is 9.69 Å². The molecule has 0 unspecified atom stereocenters. The summed E-state index contributed by atoms with van der Waals surface area (Å²) in [6, 6.07) is 6.21. The van der Waals surface area contributed by atoms with E-state index in [9.17, 15) is 4.79 Å². The van der Waals surface area contributed by atoms with E-state index in [1.807, 2.05) is 17.9 Å². The quantitative estimate of drug-likeness (QED) is 0.665. The molecule has 3 aromatic heterocycles. The van der Waals surface area contributed by atoms with Crippen molar-refractivity contribution in [3.05, 3.63) is 45.5 Å². The third-order valence-corrected chi connectivity index (χ3v) is 6.90. The van der Waals surface area contributed by atoms with E-state index in [-0.39, 0.29) is 5.91 Å². The zero-order valence-corrected chi connectivity index (χ0v) is 17.7. The van der Waals surface area contributed by atoms with Crippen molar-refractivity contribution in [2.45, 2.75) is 45.7 Å². The van der Waals surface area contributed by atoms with Crippen LogP contribution in [0.25, 0.3) is 11.2 Å². The van der Waals surface area contributed by atoms with Crippen LogP contribution in [0, 0.1) is 6.92 Å². The molecule has 0 bridgehead atoms. The first-order chi connectivity index (χ1) is 14.2. The zero-order valence-electron chi connectivity index (χ0n) is 16.9. The van der Waals surface area contributed by atoms with Crippen molar-refractivity contribution >= 4 is 28.4 Å². The van der Waals surface area contributed by atoms with Crippen LogP contribution in [-0.4, -0.2) is 56.4 Å². The van der Waals surface area contributed by atoms with Crippen molar-refractivity contribution in [1.82, 2.24) is 24.3 Å². The number of piperazine rings is 1. The normalized spacial score (nSPS) is 18.0. The molecule has 152 valence electrons. The topological polar surface area (TPSA) is 54.3 Å². The lowest BCUT2D eigenvalue weighted by Gasteiger charge is -2.34. The smallest absolute Gasteiger partial charge is 0.256 e. The van der Waals surface area contributed by atoms with Crippen LogP contribution >= 0.6 is 11.3 Å². The van der Waals surface area contributed by atoms with E-state index in [0.29, 0.717) is 0 Å². The van der Waals surface area contributed by atoms with Gasteiger partial charge in [-0.25, -0.2) is 9.97 Å². The van der Waals surface area contributed by atoms with Crippen LogP contribution in [0.15, 0.2) is 23.6 Å². The summed E-state index contributed by atoms with van der Waals surface area (Å²) in [5.41, 5.74) is 3.30. The Labute approximate surface area is 175 Å². The highest BCUT2D eigenvalue weighted by Gasteiger charge is 2.26. The van der Waals surface area contributed by atoms with Crippen LogP contribution in [-0.2, 0) is 19.5 Å². The first kappa shape index (κ1) is 18.8. The molecule has 6 nitrogen and oxygen atoms in total. The minimum Gasteiger partial charge on any atom is -0.336 e. The van der Waals surface area contributed by atoms with Gasteiger partial charge in [-0.1, -0.05) is 12.5 Å². The molecule has 0 N–H and O–H groups in total. The first-order valence-corrected chi connectivity index (χ1v) is 11.5. The number of carbonyl (C=O) groups excluding carboxylic acids is 1. The standard InChI is InChI=1S/C22H27N5OS/c1-16-14-18(20-21(23-16)27-8-4-2-3-7-19(27)24-20)22(28)26-11-9-25(10-12-26)15-17-6-5-13-29-17/h5-6,13-14H,2-4,7-12,15H2,1H3. The van der Waals surface area contributed by atoms with Crippen LogP contribution in [0.3, 0.4) is 0 Å². The van der Waals surface area contributed by atoms with Gasteiger partial charge >= 0.3 is 0 Å². The van der Waals surface area contributed by atoms with Gasteiger partial charge in [0, 0.05) is 56.3 Å². The second kappa shape index (κ2) is 7.88. The molecule has 0 aromatic carbocycles. The summed E-state index contributed by atoms with van der Waals surface area (Å²) < 4.78 is 2.24. The Kier molecular flexibility index (Phi) is 5.09. The molecule has 5 heterocycles. The summed E-state index contributed by atoms with van der Waals surface area (Å²) in [7, 11) is 0. The molecular formula is C22H27N5OS. The molecule has 0 atom stereocenters. The van der Waals surface area contributed by atoms with Crippen LogP contribution in [0.5, 0.6) is 0 Å². The van der Waals surface area contributed by atoms with Gasteiger partial charge in [-0.05, 0) is 37.3 Å². The highest BCUT2D eigenvalue weighted by Crippen LogP contribution is 2.25. The summed E-state index contributed by atoms with van der Waals surface area (Å²) in [6.45, 7) is 7.27. The molecule has 7 heteroatoms. The number of amides is 1. The zero-order chi connectivity index (χ0) is 19.8. The molecule has 1 amide bonds. The number of pyridine rings is 1. The molecule has 5 rings (SSSR count). The molecule has 29 heavy (non-hydrogen) atoms. The van der Waals surface area contributed by atoms with E-state index in [2.05, 4.69) is 27.0 Å². The Balaban J connectivity index is 1.37. The lowest BCUT2D eigenvalue weighted by Crippen LogP contribution is -2.48. The van der Waals surface area contributed by atoms with Crippen molar-refractivity contribution in [2.75, 3.05) is 26.2 Å². The van der Waals surface area contributed by atoms with Crippen LogP contribution in [0.1, 0.15) is 46.0 Å². The second-order valence-corrected chi connectivity index (χ2v) is 9.15. The van der Waals surface area contributed by atoms with Gasteiger partial charge in [0.15, 0.2) is 5.65 Å². The Morgan fingerprint density at radius 1 is 1.10 bits per heavy atom. The highest BCUT2D eigenvalue weighted by atomic mass is 32.1. The summed E-state index contributed by atoms with van der Waals surface area (Å²) >= 11 is 1.80. The lowest BCUT2D eigenvalue weighted by molar-refractivity contribution is 0.0631. The molecule has 1 saturated heterocycles. The fraction of sp³-hybridized carbons (Fsp3) is 0.500. The maximum absolute atomic E-state index is 13.4. The van der Waals surface area contributed by atoms with Gasteiger partial charge in [-0.2, -0.15) is 0 Å². The highest BCUT2D eigenvalue weighted by molar-refractivity contribution is 7.09. The van der Waals surface area contributed by atoms with E-state index in [0.717, 1.165) is 86.8 Å². The van der Waals surface area contributed by atoms with Gasteiger partial charge in [-0.15, -0.1) is 11.3 Å². The van der Waals surface area contributed by atoms with Crippen molar-refractivity contribution < 1.29 is 4.79 Å². The van der Waals surface area contributed by atoms with Crippen LogP contribution in [0.2, 0.25) is 0 Å². The summed E-state index contributed by atoms with van der Waals surface area (Å²) in [4.78, 5) is 28.8. The molecule has 0 saturated carbocycles. The Hall–Kier alpha value is -2.25. The SMILES string of the molecule is Cc1cc(C(=O)N2CCN(Cc3cccs3)CC2)c2nc3n(c2n1)CCCCC3. The maximum atomic E-state index is 13.4. The summed E-state index contributed by atoms with van der Waals surface area (Å²) in [6.07, 6.45) is 4.53. The van der Waals surface area contributed by atoms with Crippen molar-refractivity contribution in [3.8, 4) is 0 Å². The van der Waals surface area contributed by atoms with E-state index in [1.54, 1.807) is 11.3 Å². The first-order valence-electron chi connectivity index (χ1n) is 10.6. The van der Waals surface area contributed by atoms with Gasteiger partial charge in [0.25, 0.3) is 5.91 Å². The largest absolute Gasteiger partial charge is 0.336 e. The minimum atomic E-state index is 0.101. The van der Waals surface area contributed by atoms with E-state index in [4.69, 9.17) is 9.97 Å². The Morgan fingerprint density at radius 3 is 2.76 bits per heavy atom. The van der Waals surface area contributed by atoms with Gasteiger partial charge in [0.2, 0.25) is 0 Å². The van der Waals surface area contributed by atoms with Crippen molar-refractivity contribution in [2.24, 2.45) is 0 Å². The fourth-order valence-electron chi connectivity index (χ4n) is 4.48. The fourth-order valence-corrected chi connectivity index (χ4v) is 5.23. The predicted molar refractivity (Wildman–Crippen MR) is 115 cm³/mol. The molecule has 2 aliphatic rings. The van der Waals surface area contributed by atoms with Crippen molar-refractivity contribution in [1.29, 1.82) is 0 Å². The van der Waals surface area contributed by atoms with Crippen LogP contribution in [0.4, 0.5) is 0 Å². The molecule has 0 aliphatic carbocycles. The van der Waals surface area contributed by atoms with E-state index in [1.165, 1.54) is 11.3 Å². The average Bonchev–Trinajstić information content (AvgIpc) is 3.29. The third-order valence-electron chi connectivity index (χ3n) is 6.04. The number of hydrogen-bond donors (Lipinski definition) is 0. The number of fused-ring (bicyclic) bond motifs is 3. The lowest BCUT2D eigenvalue weighted by atomic mass is 10.1. The monoisotopic (exact) mass is 409 g/mol. The number of nitrogens with zero attached hydrogens (tertiary/aromatic N) is 5. The molecule has 2 aliphatic heterocycles. The molecular weight excluding hydrogens is 382 g/mol. The third kappa shape index (κ3) is 3.69. The van der Waals surface area contributed by atoms with E-state index >= 15 is 0 Å². The number of carbonyl (C=O) groups is 1. The molecule has 1 fully saturated rings. The number of aromatic nitrogens is 3. The van der Waals surface area contributed by atoms with Crippen molar-refractivity contribution in [3.63, 3.8) is 0 Å². The minimum absolute atomic E-state index is 0.101.